The maximum absolute atomic E-state index is 12.4. The number of carbonyl (C=O) groups is 2. The Morgan fingerprint density at radius 2 is 2.18 bits per heavy atom. The van der Waals surface area contributed by atoms with Crippen LogP contribution in [0.25, 0.3) is 0 Å². The third kappa shape index (κ3) is 3.43. The van der Waals surface area contributed by atoms with Crippen molar-refractivity contribution >= 4 is 11.9 Å². The zero-order valence-electron chi connectivity index (χ0n) is 10.7. The summed E-state index contributed by atoms with van der Waals surface area (Å²) in [6.45, 7) is 3.45. The number of hydrogen-bond donors (Lipinski definition) is 2. The van der Waals surface area contributed by atoms with Crippen molar-refractivity contribution in [2.45, 2.75) is 32.6 Å². The van der Waals surface area contributed by atoms with E-state index in [-0.39, 0.29) is 12.5 Å². The van der Waals surface area contributed by atoms with Crippen molar-refractivity contribution in [3.8, 4) is 0 Å². The van der Waals surface area contributed by atoms with Gasteiger partial charge in [0.1, 0.15) is 6.54 Å². The van der Waals surface area contributed by atoms with Gasteiger partial charge in [0, 0.05) is 13.6 Å². The number of hydrogen-bond acceptors (Lipinski definition) is 3. The van der Waals surface area contributed by atoms with Crippen LogP contribution in [0.3, 0.4) is 0 Å². The Morgan fingerprint density at radius 1 is 1.47 bits per heavy atom. The predicted molar refractivity (Wildman–Crippen MR) is 64.7 cm³/mol. The van der Waals surface area contributed by atoms with Gasteiger partial charge in [-0.1, -0.05) is 13.3 Å². The Bertz CT molecular complexity index is 280. The van der Waals surface area contributed by atoms with Crippen molar-refractivity contribution in [1.82, 2.24) is 10.2 Å². The first-order valence-electron chi connectivity index (χ1n) is 6.20. The first-order valence-corrected chi connectivity index (χ1v) is 6.20. The Labute approximate surface area is 102 Å². The quantitative estimate of drug-likeness (QED) is 0.744. The van der Waals surface area contributed by atoms with E-state index >= 15 is 0 Å². The van der Waals surface area contributed by atoms with Gasteiger partial charge < -0.3 is 15.3 Å². The molecule has 0 aromatic heterocycles. The van der Waals surface area contributed by atoms with E-state index in [1.807, 2.05) is 0 Å². The maximum Gasteiger partial charge on any atom is 0.323 e. The number of nitrogens with one attached hydrogen (secondary N) is 1. The minimum absolute atomic E-state index is 0.0334. The molecule has 1 saturated heterocycles. The minimum atomic E-state index is -0.962. The number of nitrogens with zero attached hydrogens (tertiary/aromatic N) is 1. The number of carbonyl (C=O) groups excluding carboxylic acids is 1. The van der Waals surface area contributed by atoms with E-state index in [1.54, 1.807) is 7.05 Å². The van der Waals surface area contributed by atoms with Crippen LogP contribution in [0, 0.1) is 5.41 Å². The fourth-order valence-electron chi connectivity index (χ4n) is 2.63. The molecule has 1 heterocycles. The van der Waals surface area contributed by atoms with Gasteiger partial charge in [-0.3, -0.25) is 9.59 Å². The molecule has 2 N–H and O–H groups in total. The fourth-order valence-corrected chi connectivity index (χ4v) is 2.63. The van der Waals surface area contributed by atoms with Gasteiger partial charge in [0.25, 0.3) is 0 Å². The summed E-state index contributed by atoms with van der Waals surface area (Å²) in [4.78, 5) is 24.4. The van der Waals surface area contributed by atoms with Crippen LogP contribution in [0.15, 0.2) is 0 Å². The number of carboxylic acids is 1. The number of piperidine rings is 1. The van der Waals surface area contributed by atoms with Gasteiger partial charge in [-0.05, 0) is 25.8 Å². The van der Waals surface area contributed by atoms with Gasteiger partial charge in [-0.15, -0.1) is 0 Å². The topological polar surface area (TPSA) is 69.6 Å². The molecule has 0 aromatic carbocycles. The second-order valence-electron chi connectivity index (χ2n) is 4.87. The minimum Gasteiger partial charge on any atom is -0.480 e. The third-order valence-corrected chi connectivity index (χ3v) is 3.37. The van der Waals surface area contributed by atoms with Crippen LogP contribution in [-0.2, 0) is 9.59 Å². The molecular formula is C12H22N2O3. The van der Waals surface area contributed by atoms with Gasteiger partial charge in [-0.25, -0.2) is 0 Å². The van der Waals surface area contributed by atoms with Crippen LogP contribution >= 0.6 is 0 Å². The fraction of sp³-hybridized carbons (Fsp3) is 0.833. The summed E-state index contributed by atoms with van der Waals surface area (Å²) in [5.74, 6) is -0.995. The molecule has 1 rings (SSSR count). The zero-order valence-corrected chi connectivity index (χ0v) is 10.7. The van der Waals surface area contributed by atoms with Crippen molar-refractivity contribution in [2.24, 2.45) is 5.41 Å². The lowest BCUT2D eigenvalue weighted by Crippen LogP contribution is -2.51. The zero-order chi connectivity index (χ0) is 12.9. The summed E-state index contributed by atoms with van der Waals surface area (Å²) in [7, 11) is 1.57. The second-order valence-corrected chi connectivity index (χ2v) is 4.87. The van der Waals surface area contributed by atoms with E-state index in [9.17, 15) is 9.59 Å². The summed E-state index contributed by atoms with van der Waals surface area (Å²) >= 11 is 0. The van der Waals surface area contributed by atoms with Gasteiger partial charge in [0.15, 0.2) is 0 Å². The normalized spacial score (nSPS) is 24.4. The molecular weight excluding hydrogens is 220 g/mol. The average molecular weight is 242 g/mol. The lowest BCUT2D eigenvalue weighted by molar-refractivity contribution is -0.149. The molecule has 0 aromatic rings. The van der Waals surface area contributed by atoms with E-state index in [0.717, 1.165) is 32.2 Å². The molecule has 5 nitrogen and oxygen atoms in total. The summed E-state index contributed by atoms with van der Waals surface area (Å²) < 4.78 is 0. The maximum atomic E-state index is 12.4. The molecule has 1 aliphatic heterocycles. The molecule has 0 radical (unpaired) electrons. The third-order valence-electron chi connectivity index (χ3n) is 3.37. The highest BCUT2D eigenvalue weighted by Crippen LogP contribution is 2.33. The predicted octanol–water partition coefficient (Wildman–Crippen LogP) is 0.699. The van der Waals surface area contributed by atoms with Gasteiger partial charge >= 0.3 is 5.97 Å². The number of carboxylic acid groups (broad SMARTS) is 1. The lowest BCUT2D eigenvalue weighted by Gasteiger charge is -2.38. The smallest absolute Gasteiger partial charge is 0.323 e. The number of aliphatic carboxylic acids is 1. The van der Waals surface area contributed by atoms with Gasteiger partial charge in [-0.2, -0.15) is 0 Å². The Kier molecular flexibility index (Phi) is 4.93. The summed E-state index contributed by atoms with van der Waals surface area (Å²) in [6.07, 6.45) is 3.60. The SMILES string of the molecule is CCCC1(C(=O)N(C)CC(=O)O)CCCNC1. The van der Waals surface area contributed by atoms with Crippen LogP contribution < -0.4 is 5.32 Å². The number of likely N-dealkylation sites (N-methyl/N-ethyl adjacent to an activating group) is 1. The van der Waals surface area contributed by atoms with Crippen LogP contribution in [0.2, 0.25) is 0 Å². The lowest BCUT2D eigenvalue weighted by atomic mass is 9.76. The van der Waals surface area contributed by atoms with Crippen molar-refractivity contribution in [3.63, 3.8) is 0 Å². The van der Waals surface area contributed by atoms with Crippen LogP contribution in [-0.4, -0.2) is 48.6 Å². The standard InChI is InChI=1S/C12H22N2O3/c1-3-5-12(6-4-7-13-9-12)11(17)14(2)8-10(15)16/h13H,3-9H2,1-2H3,(H,15,16). The molecule has 1 amide bonds. The van der Waals surface area contributed by atoms with Crippen molar-refractivity contribution in [1.29, 1.82) is 0 Å². The molecule has 0 aliphatic carbocycles. The van der Waals surface area contributed by atoms with Crippen LogP contribution in [0.4, 0.5) is 0 Å². The summed E-state index contributed by atoms with van der Waals surface area (Å²) in [5.41, 5.74) is -0.392. The first-order chi connectivity index (χ1) is 8.02. The van der Waals surface area contributed by atoms with E-state index in [0.29, 0.717) is 6.54 Å². The molecule has 5 heteroatoms. The van der Waals surface area contributed by atoms with Crippen molar-refractivity contribution in [2.75, 3.05) is 26.7 Å². The Balaban J connectivity index is 2.75. The molecule has 0 bridgehead atoms. The number of rotatable bonds is 5. The number of amides is 1. The summed E-state index contributed by atoms with van der Waals surface area (Å²) in [6, 6.07) is 0. The Morgan fingerprint density at radius 3 is 2.65 bits per heavy atom. The highest BCUT2D eigenvalue weighted by molar-refractivity contribution is 5.86. The monoisotopic (exact) mass is 242 g/mol. The average Bonchev–Trinajstić information content (AvgIpc) is 2.28. The largest absolute Gasteiger partial charge is 0.480 e. The summed E-state index contributed by atoms with van der Waals surface area (Å²) in [5, 5.41) is 12.0. The molecule has 1 fully saturated rings. The van der Waals surface area contributed by atoms with E-state index < -0.39 is 11.4 Å². The first kappa shape index (κ1) is 14.0. The van der Waals surface area contributed by atoms with Crippen molar-refractivity contribution < 1.29 is 14.7 Å². The highest BCUT2D eigenvalue weighted by Gasteiger charge is 2.40. The van der Waals surface area contributed by atoms with E-state index in [1.165, 1.54) is 4.90 Å². The molecule has 1 aliphatic rings. The molecule has 1 atom stereocenters. The Hall–Kier alpha value is -1.10. The van der Waals surface area contributed by atoms with Gasteiger partial charge in [0.05, 0.1) is 5.41 Å². The van der Waals surface area contributed by atoms with Crippen LogP contribution in [0.1, 0.15) is 32.6 Å². The van der Waals surface area contributed by atoms with E-state index in [2.05, 4.69) is 12.2 Å². The second kappa shape index (κ2) is 6.00. The molecule has 17 heavy (non-hydrogen) atoms. The highest BCUT2D eigenvalue weighted by atomic mass is 16.4. The molecule has 98 valence electrons. The van der Waals surface area contributed by atoms with E-state index in [4.69, 9.17) is 5.11 Å². The van der Waals surface area contributed by atoms with Gasteiger partial charge in [0.2, 0.25) is 5.91 Å². The molecule has 1 unspecified atom stereocenters. The molecule has 0 saturated carbocycles. The molecule has 0 spiro atoms. The van der Waals surface area contributed by atoms with Crippen molar-refractivity contribution in [3.05, 3.63) is 0 Å². The van der Waals surface area contributed by atoms with Crippen LogP contribution in [0.5, 0.6) is 0 Å².